The van der Waals surface area contributed by atoms with Crippen LogP contribution in [0.25, 0.3) is 0 Å². The maximum absolute atomic E-state index is 11.9. The fraction of sp³-hybridized carbons (Fsp3) is 0.833. The first-order valence-corrected chi connectivity index (χ1v) is 6.36. The molecule has 5 heteroatoms. The predicted molar refractivity (Wildman–Crippen MR) is 69.1 cm³/mol. The van der Waals surface area contributed by atoms with E-state index in [0.717, 1.165) is 12.8 Å². The van der Waals surface area contributed by atoms with Crippen molar-refractivity contribution in [2.24, 2.45) is 11.7 Å². The molecule has 0 bridgehead atoms. The molecular formula is C12H24N4O. The molecule has 0 aliphatic heterocycles. The van der Waals surface area contributed by atoms with Crippen LogP contribution in [0.2, 0.25) is 0 Å². The highest BCUT2D eigenvalue weighted by Crippen LogP contribution is 2.17. The number of nitrogens with one attached hydrogen (secondary N) is 2. The number of nitrogens with two attached hydrogens (primary N) is 1. The highest BCUT2D eigenvalue weighted by Gasteiger charge is 2.19. The summed E-state index contributed by atoms with van der Waals surface area (Å²) >= 11 is 0. The molecule has 1 unspecified atom stereocenters. The molecule has 1 fully saturated rings. The van der Waals surface area contributed by atoms with Gasteiger partial charge in [0.05, 0.1) is 5.84 Å². The summed E-state index contributed by atoms with van der Waals surface area (Å²) in [4.78, 5) is 13.5. The monoisotopic (exact) mass is 240 g/mol. The van der Waals surface area contributed by atoms with Crippen LogP contribution in [0.3, 0.4) is 0 Å². The van der Waals surface area contributed by atoms with E-state index >= 15 is 0 Å². The number of urea groups is 1. The SMILES string of the molecule is CC(CN(C)C(=O)NC1CCCCC1)C(=N)N. The number of amidine groups is 1. The van der Waals surface area contributed by atoms with Crippen molar-refractivity contribution in [2.45, 2.75) is 45.1 Å². The van der Waals surface area contributed by atoms with E-state index in [1.54, 1.807) is 11.9 Å². The second kappa shape index (κ2) is 6.47. The van der Waals surface area contributed by atoms with E-state index in [-0.39, 0.29) is 17.8 Å². The van der Waals surface area contributed by atoms with Crippen molar-refractivity contribution in [2.75, 3.05) is 13.6 Å². The van der Waals surface area contributed by atoms with Gasteiger partial charge in [0.2, 0.25) is 0 Å². The number of hydrogen-bond acceptors (Lipinski definition) is 2. The molecule has 0 aromatic heterocycles. The molecule has 98 valence electrons. The molecule has 0 aromatic carbocycles. The van der Waals surface area contributed by atoms with Crippen LogP contribution in [0, 0.1) is 11.3 Å². The molecule has 17 heavy (non-hydrogen) atoms. The third-order valence-corrected chi connectivity index (χ3v) is 3.36. The Labute approximate surface area is 103 Å². The third kappa shape index (κ3) is 4.63. The van der Waals surface area contributed by atoms with Crippen LogP contribution in [0.5, 0.6) is 0 Å². The molecule has 1 atom stereocenters. The minimum Gasteiger partial charge on any atom is -0.387 e. The Balaban J connectivity index is 2.33. The summed E-state index contributed by atoms with van der Waals surface area (Å²) in [6, 6.07) is 0.274. The van der Waals surface area contributed by atoms with Gasteiger partial charge in [0.1, 0.15) is 0 Å². The van der Waals surface area contributed by atoms with Crippen molar-refractivity contribution in [3.63, 3.8) is 0 Å². The van der Waals surface area contributed by atoms with Crippen molar-refractivity contribution < 1.29 is 4.79 Å². The minimum absolute atomic E-state index is 0.0509. The first-order chi connectivity index (χ1) is 8.00. The summed E-state index contributed by atoms with van der Waals surface area (Å²) < 4.78 is 0. The predicted octanol–water partition coefficient (Wildman–Crippen LogP) is 1.53. The molecule has 0 spiro atoms. The topological polar surface area (TPSA) is 82.2 Å². The highest BCUT2D eigenvalue weighted by atomic mass is 16.2. The Morgan fingerprint density at radius 1 is 1.47 bits per heavy atom. The van der Waals surface area contributed by atoms with E-state index in [0.29, 0.717) is 12.6 Å². The average molecular weight is 240 g/mol. The Morgan fingerprint density at radius 2 is 2.06 bits per heavy atom. The first kappa shape index (κ1) is 13.8. The van der Waals surface area contributed by atoms with Gasteiger partial charge < -0.3 is 16.0 Å². The van der Waals surface area contributed by atoms with E-state index in [2.05, 4.69) is 5.32 Å². The number of hydrogen-bond donors (Lipinski definition) is 3. The van der Waals surface area contributed by atoms with Crippen LogP contribution in [0.15, 0.2) is 0 Å². The maximum atomic E-state index is 11.9. The van der Waals surface area contributed by atoms with Crippen molar-refractivity contribution in [3.8, 4) is 0 Å². The van der Waals surface area contributed by atoms with E-state index in [4.69, 9.17) is 11.1 Å². The van der Waals surface area contributed by atoms with Gasteiger partial charge in [-0.25, -0.2) is 4.79 Å². The van der Waals surface area contributed by atoms with Gasteiger partial charge in [-0.05, 0) is 12.8 Å². The molecule has 0 heterocycles. The number of carbonyl (C=O) groups is 1. The molecule has 4 N–H and O–H groups in total. The van der Waals surface area contributed by atoms with Gasteiger partial charge in [-0.3, -0.25) is 5.41 Å². The van der Waals surface area contributed by atoms with Crippen LogP contribution in [-0.4, -0.2) is 36.4 Å². The van der Waals surface area contributed by atoms with E-state index in [1.165, 1.54) is 19.3 Å². The Kier molecular flexibility index (Phi) is 5.25. The largest absolute Gasteiger partial charge is 0.387 e. The van der Waals surface area contributed by atoms with Gasteiger partial charge in [-0.2, -0.15) is 0 Å². The van der Waals surface area contributed by atoms with Gasteiger partial charge in [-0.15, -0.1) is 0 Å². The molecule has 1 rings (SSSR count). The molecule has 0 radical (unpaired) electrons. The zero-order valence-electron chi connectivity index (χ0n) is 10.8. The molecule has 1 saturated carbocycles. The molecular weight excluding hydrogens is 216 g/mol. The molecule has 1 aliphatic rings. The van der Waals surface area contributed by atoms with Crippen LogP contribution in [0.1, 0.15) is 39.0 Å². The fourth-order valence-electron chi connectivity index (χ4n) is 2.12. The molecule has 1 aliphatic carbocycles. The zero-order valence-corrected chi connectivity index (χ0v) is 10.8. The number of nitrogens with zero attached hydrogens (tertiary/aromatic N) is 1. The van der Waals surface area contributed by atoms with E-state index in [9.17, 15) is 4.79 Å². The fourth-order valence-corrected chi connectivity index (χ4v) is 2.12. The Bertz CT molecular complexity index is 274. The molecule has 0 saturated heterocycles. The van der Waals surface area contributed by atoms with E-state index < -0.39 is 0 Å². The summed E-state index contributed by atoms with van der Waals surface area (Å²) in [5.41, 5.74) is 5.39. The van der Waals surface area contributed by atoms with Gasteiger partial charge >= 0.3 is 6.03 Å². The summed E-state index contributed by atoms with van der Waals surface area (Å²) in [5, 5.41) is 10.3. The maximum Gasteiger partial charge on any atom is 0.317 e. The third-order valence-electron chi connectivity index (χ3n) is 3.36. The first-order valence-electron chi connectivity index (χ1n) is 6.36. The molecule has 0 aromatic rings. The second-order valence-electron chi connectivity index (χ2n) is 5.02. The standard InChI is InChI=1S/C12H24N4O/c1-9(11(13)14)8-16(2)12(17)15-10-6-4-3-5-7-10/h9-10H,3-8H2,1-2H3,(H3,13,14)(H,15,17). The van der Waals surface area contributed by atoms with Crippen LogP contribution < -0.4 is 11.1 Å². The Hall–Kier alpha value is -1.26. The van der Waals surface area contributed by atoms with Crippen LogP contribution in [-0.2, 0) is 0 Å². The van der Waals surface area contributed by atoms with Gasteiger partial charge in [0, 0.05) is 25.6 Å². The Morgan fingerprint density at radius 3 is 2.59 bits per heavy atom. The number of carbonyl (C=O) groups excluding carboxylic acids is 1. The second-order valence-corrected chi connectivity index (χ2v) is 5.02. The van der Waals surface area contributed by atoms with E-state index in [1.807, 2.05) is 6.92 Å². The molecule has 2 amide bonds. The van der Waals surface area contributed by atoms with Gasteiger partial charge in [0.25, 0.3) is 0 Å². The zero-order chi connectivity index (χ0) is 12.8. The highest BCUT2D eigenvalue weighted by molar-refractivity contribution is 5.80. The quantitative estimate of drug-likeness (QED) is 0.514. The lowest BCUT2D eigenvalue weighted by atomic mass is 9.96. The van der Waals surface area contributed by atoms with Crippen molar-refractivity contribution in [3.05, 3.63) is 0 Å². The summed E-state index contributed by atoms with van der Waals surface area (Å²) in [5.74, 6) is 0.0411. The number of rotatable bonds is 4. The average Bonchev–Trinajstić information content (AvgIpc) is 2.29. The molecule has 5 nitrogen and oxygen atoms in total. The van der Waals surface area contributed by atoms with Gasteiger partial charge in [0.15, 0.2) is 0 Å². The normalized spacial score (nSPS) is 18.5. The van der Waals surface area contributed by atoms with Crippen LogP contribution in [0.4, 0.5) is 4.79 Å². The summed E-state index contributed by atoms with van der Waals surface area (Å²) in [6.07, 6.45) is 5.87. The van der Waals surface area contributed by atoms with Crippen LogP contribution >= 0.6 is 0 Å². The van der Waals surface area contributed by atoms with Crippen molar-refractivity contribution in [1.82, 2.24) is 10.2 Å². The summed E-state index contributed by atoms with van der Waals surface area (Å²) in [7, 11) is 1.75. The van der Waals surface area contributed by atoms with Crippen molar-refractivity contribution >= 4 is 11.9 Å². The van der Waals surface area contributed by atoms with Crippen molar-refractivity contribution in [1.29, 1.82) is 5.41 Å². The lowest BCUT2D eigenvalue weighted by Crippen LogP contribution is -2.46. The smallest absolute Gasteiger partial charge is 0.317 e. The lowest BCUT2D eigenvalue weighted by Gasteiger charge is -2.27. The lowest BCUT2D eigenvalue weighted by molar-refractivity contribution is 0.198. The summed E-state index contributed by atoms with van der Waals surface area (Å²) in [6.45, 7) is 2.35. The number of amides is 2. The minimum atomic E-state index is -0.0860. The van der Waals surface area contributed by atoms with Gasteiger partial charge in [-0.1, -0.05) is 26.2 Å².